The number of hydrogen-bond acceptors (Lipinski definition) is 1. The zero-order valence-electron chi connectivity index (χ0n) is 12.9. The molecule has 1 rings (SSSR count). The molecule has 1 N–H and O–H groups in total. The van der Waals surface area contributed by atoms with E-state index in [4.69, 9.17) is 0 Å². The van der Waals surface area contributed by atoms with Gasteiger partial charge in [-0.05, 0) is 36.0 Å². The maximum atomic E-state index is 13.0. The van der Waals surface area contributed by atoms with Gasteiger partial charge in [-0.25, -0.2) is 0 Å². The molecular weight excluding hydrogens is 310 g/mol. The summed E-state index contributed by atoms with van der Waals surface area (Å²) < 4.78 is 77.8. The topological polar surface area (TPSA) is 20.2 Å². The Morgan fingerprint density at radius 2 is 1.05 bits per heavy atom. The maximum Gasteiger partial charge on any atom is 0.430 e. The Morgan fingerprint density at radius 1 is 0.727 bits per heavy atom. The Balaban J connectivity index is 3.72. The highest BCUT2D eigenvalue weighted by atomic mass is 19.4. The predicted octanol–water partition coefficient (Wildman–Crippen LogP) is 4.91. The van der Waals surface area contributed by atoms with Crippen LogP contribution >= 0.6 is 0 Å². The summed E-state index contributed by atoms with van der Waals surface area (Å²) >= 11 is 0. The minimum Gasteiger partial charge on any atom is -0.369 e. The number of halogens is 6. The first-order chi connectivity index (χ1) is 9.55. The summed E-state index contributed by atoms with van der Waals surface area (Å²) in [5, 5.41) is 9.50. The van der Waals surface area contributed by atoms with Crippen LogP contribution in [0, 0.1) is 13.8 Å². The van der Waals surface area contributed by atoms with Crippen molar-refractivity contribution in [3.8, 4) is 0 Å². The zero-order valence-corrected chi connectivity index (χ0v) is 12.9. The summed E-state index contributed by atoms with van der Waals surface area (Å²) in [5.41, 5.74) is -5.80. The normalized spacial score (nSPS) is 14.4. The summed E-state index contributed by atoms with van der Waals surface area (Å²) in [7, 11) is 0. The molecule has 0 fully saturated rings. The molecule has 0 unspecified atom stereocenters. The fraction of sp³-hybridized carbons (Fsp3) is 0.600. The lowest BCUT2D eigenvalue weighted by Crippen LogP contribution is -2.54. The van der Waals surface area contributed by atoms with Crippen LogP contribution in [0.1, 0.15) is 43.0 Å². The Morgan fingerprint density at radius 3 is 1.36 bits per heavy atom. The lowest BCUT2D eigenvalue weighted by atomic mass is 9.78. The van der Waals surface area contributed by atoms with Crippen LogP contribution in [0.25, 0.3) is 0 Å². The molecule has 0 atom stereocenters. The van der Waals surface area contributed by atoms with Crippen LogP contribution in [0.15, 0.2) is 12.1 Å². The van der Waals surface area contributed by atoms with E-state index in [1.165, 1.54) is 13.0 Å². The Labute approximate surface area is 125 Å². The van der Waals surface area contributed by atoms with Crippen molar-refractivity contribution in [1.82, 2.24) is 0 Å². The van der Waals surface area contributed by atoms with E-state index < -0.39 is 28.9 Å². The second kappa shape index (κ2) is 5.15. The monoisotopic (exact) mass is 328 g/mol. The first-order valence-corrected chi connectivity index (χ1v) is 6.52. The molecular formula is C15H18F6O. The quantitative estimate of drug-likeness (QED) is 0.726. The van der Waals surface area contributed by atoms with Crippen molar-refractivity contribution < 1.29 is 31.4 Å². The van der Waals surface area contributed by atoms with Gasteiger partial charge in [-0.1, -0.05) is 32.9 Å². The highest BCUT2D eigenvalue weighted by molar-refractivity contribution is 5.46. The molecule has 0 saturated heterocycles. The summed E-state index contributed by atoms with van der Waals surface area (Å²) in [6.45, 7) is 8.01. The predicted molar refractivity (Wildman–Crippen MR) is 70.6 cm³/mol. The fourth-order valence-electron chi connectivity index (χ4n) is 2.49. The van der Waals surface area contributed by atoms with Crippen LogP contribution in [0.4, 0.5) is 26.3 Å². The van der Waals surface area contributed by atoms with Crippen molar-refractivity contribution in [2.24, 2.45) is 0 Å². The molecule has 126 valence electrons. The molecule has 7 heteroatoms. The van der Waals surface area contributed by atoms with E-state index in [1.807, 2.05) is 0 Å². The Kier molecular flexibility index (Phi) is 4.40. The van der Waals surface area contributed by atoms with Crippen molar-refractivity contribution in [2.75, 3.05) is 0 Å². The molecule has 0 aliphatic carbocycles. The van der Waals surface area contributed by atoms with Gasteiger partial charge in [0.05, 0.1) is 0 Å². The van der Waals surface area contributed by atoms with Gasteiger partial charge < -0.3 is 5.11 Å². The molecule has 0 spiro atoms. The molecule has 22 heavy (non-hydrogen) atoms. The number of alkyl halides is 6. The third-order valence-corrected chi connectivity index (χ3v) is 3.81. The molecule has 0 aliphatic rings. The largest absolute Gasteiger partial charge is 0.430 e. The minimum absolute atomic E-state index is 0.218. The molecule has 0 saturated carbocycles. The number of aliphatic hydroxyl groups is 1. The SMILES string of the molecule is Cc1c(C(C)(C)C)ccc(C(O)(C(F)(F)F)C(F)(F)F)c1C. The molecule has 1 aromatic rings. The molecule has 0 aromatic heterocycles. The highest BCUT2D eigenvalue weighted by Gasteiger charge is 2.71. The van der Waals surface area contributed by atoms with Crippen LogP contribution in [-0.4, -0.2) is 17.5 Å². The number of hydrogen-bond donors (Lipinski definition) is 1. The van der Waals surface area contributed by atoms with Crippen LogP contribution in [-0.2, 0) is 11.0 Å². The third-order valence-electron chi connectivity index (χ3n) is 3.81. The smallest absolute Gasteiger partial charge is 0.369 e. The van der Waals surface area contributed by atoms with Crippen molar-refractivity contribution in [3.05, 3.63) is 34.4 Å². The standard InChI is InChI=1S/C15H18F6O/c1-8-9(2)11(7-6-10(8)12(3,4)5)13(22,14(16,17)18)15(19,20)21/h6-7,22H,1-5H3. The zero-order chi connectivity index (χ0) is 17.7. The molecule has 0 amide bonds. The number of rotatable bonds is 1. The van der Waals surface area contributed by atoms with Crippen molar-refractivity contribution in [2.45, 2.75) is 58.0 Å². The van der Waals surface area contributed by atoms with Gasteiger partial charge in [0.2, 0.25) is 0 Å². The van der Waals surface area contributed by atoms with E-state index >= 15 is 0 Å². The van der Waals surface area contributed by atoms with Crippen molar-refractivity contribution in [1.29, 1.82) is 0 Å². The van der Waals surface area contributed by atoms with Gasteiger partial charge in [0.1, 0.15) is 0 Å². The third kappa shape index (κ3) is 2.83. The first kappa shape index (κ1) is 18.8. The van der Waals surface area contributed by atoms with Crippen LogP contribution in [0.5, 0.6) is 0 Å². The van der Waals surface area contributed by atoms with Crippen LogP contribution in [0.3, 0.4) is 0 Å². The molecule has 0 radical (unpaired) electrons. The minimum atomic E-state index is -5.87. The molecule has 0 aliphatic heterocycles. The van der Waals surface area contributed by atoms with E-state index in [2.05, 4.69) is 0 Å². The summed E-state index contributed by atoms with van der Waals surface area (Å²) in [6, 6.07) is 1.92. The van der Waals surface area contributed by atoms with Gasteiger partial charge >= 0.3 is 12.4 Å². The number of benzene rings is 1. The highest BCUT2D eigenvalue weighted by Crippen LogP contribution is 2.51. The van der Waals surface area contributed by atoms with Crippen LogP contribution in [0.2, 0.25) is 0 Å². The summed E-state index contributed by atoms with van der Waals surface area (Å²) in [6.07, 6.45) is -11.7. The van der Waals surface area contributed by atoms with Gasteiger partial charge in [-0.15, -0.1) is 0 Å². The van der Waals surface area contributed by atoms with E-state index in [0.29, 0.717) is 17.2 Å². The van der Waals surface area contributed by atoms with Gasteiger partial charge in [0.25, 0.3) is 5.60 Å². The summed E-state index contributed by atoms with van der Waals surface area (Å²) in [5.74, 6) is 0. The Hall–Kier alpha value is -1.24. The summed E-state index contributed by atoms with van der Waals surface area (Å²) in [4.78, 5) is 0. The molecule has 1 aromatic carbocycles. The van der Waals surface area contributed by atoms with Gasteiger partial charge in [0, 0.05) is 5.56 Å². The van der Waals surface area contributed by atoms with Crippen LogP contribution < -0.4 is 0 Å². The van der Waals surface area contributed by atoms with Gasteiger partial charge in [-0.2, -0.15) is 26.3 Å². The van der Waals surface area contributed by atoms with Gasteiger partial charge in [-0.3, -0.25) is 0 Å². The van der Waals surface area contributed by atoms with E-state index in [0.717, 1.165) is 6.92 Å². The van der Waals surface area contributed by atoms with E-state index in [-0.39, 0.29) is 5.56 Å². The fourth-order valence-corrected chi connectivity index (χ4v) is 2.49. The van der Waals surface area contributed by atoms with Crippen molar-refractivity contribution >= 4 is 0 Å². The van der Waals surface area contributed by atoms with Gasteiger partial charge in [0.15, 0.2) is 0 Å². The van der Waals surface area contributed by atoms with E-state index in [9.17, 15) is 31.4 Å². The average Bonchev–Trinajstić information content (AvgIpc) is 2.27. The second-order valence-corrected chi connectivity index (χ2v) is 6.37. The lowest BCUT2D eigenvalue weighted by Gasteiger charge is -2.35. The molecule has 0 bridgehead atoms. The lowest BCUT2D eigenvalue weighted by molar-refractivity contribution is -0.376. The average molecular weight is 328 g/mol. The molecule has 1 nitrogen and oxygen atoms in total. The molecule has 0 heterocycles. The second-order valence-electron chi connectivity index (χ2n) is 6.37. The Bertz CT molecular complexity index is 549. The van der Waals surface area contributed by atoms with Crippen molar-refractivity contribution in [3.63, 3.8) is 0 Å². The maximum absolute atomic E-state index is 13.0. The van der Waals surface area contributed by atoms with E-state index in [1.54, 1.807) is 20.8 Å². The first-order valence-electron chi connectivity index (χ1n) is 6.52.